The van der Waals surface area contributed by atoms with E-state index in [1.807, 2.05) is 48.5 Å². The second kappa shape index (κ2) is 10.0. The van der Waals surface area contributed by atoms with Crippen LogP contribution in [0.3, 0.4) is 0 Å². The van der Waals surface area contributed by atoms with Crippen molar-refractivity contribution in [1.82, 2.24) is 15.1 Å². The van der Waals surface area contributed by atoms with Crippen LogP contribution in [-0.2, 0) is 17.8 Å². The molecule has 0 radical (unpaired) electrons. The zero-order chi connectivity index (χ0) is 21.8. The molecule has 1 unspecified atom stereocenters. The van der Waals surface area contributed by atoms with Gasteiger partial charge in [0.1, 0.15) is 0 Å². The van der Waals surface area contributed by atoms with E-state index in [-0.39, 0.29) is 18.0 Å². The van der Waals surface area contributed by atoms with Gasteiger partial charge in [-0.2, -0.15) is 0 Å². The Morgan fingerprint density at radius 3 is 2.45 bits per heavy atom. The van der Waals surface area contributed by atoms with Crippen LogP contribution in [0.5, 0.6) is 0 Å². The van der Waals surface area contributed by atoms with Crippen molar-refractivity contribution in [3.63, 3.8) is 0 Å². The van der Waals surface area contributed by atoms with Crippen LogP contribution in [-0.4, -0.2) is 47.4 Å². The molecule has 0 spiro atoms. The predicted molar refractivity (Wildman–Crippen MR) is 123 cm³/mol. The van der Waals surface area contributed by atoms with Crippen molar-refractivity contribution in [3.8, 4) is 0 Å². The van der Waals surface area contributed by atoms with Crippen molar-refractivity contribution < 1.29 is 9.59 Å². The first-order valence-corrected chi connectivity index (χ1v) is 11.5. The summed E-state index contributed by atoms with van der Waals surface area (Å²) in [6.45, 7) is 2.94. The Hall–Kier alpha value is -2.08. The van der Waals surface area contributed by atoms with Gasteiger partial charge in [-0.05, 0) is 67.6 Å². The van der Waals surface area contributed by atoms with Gasteiger partial charge in [0.2, 0.25) is 5.91 Å². The summed E-state index contributed by atoms with van der Waals surface area (Å²) in [6.07, 6.45) is 3.41. The van der Waals surface area contributed by atoms with Gasteiger partial charge < -0.3 is 10.2 Å². The molecule has 5 nitrogen and oxygen atoms in total. The van der Waals surface area contributed by atoms with E-state index in [1.165, 1.54) is 4.90 Å². The number of amides is 3. The van der Waals surface area contributed by atoms with Gasteiger partial charge in [0.25, 0.3) is 0 Å². The first-order chi connectivity index (χ1) is 15.0. The van der Waals surface area contributed by atoms with E-state index >= 15 is 0 Å². The van der Waals surface area contributed by atoms with Crippen LogP contribution in [0.2, 0.25) is 10.0 Å². The van der Waals surface area contributed by atoms with Crippen molar-refractivity contribution in [2.75, 3.05) is 19.6 Å². The molecule has 7 heteroatoms. The quantitative estimate of drug-likeness (QED) is 0.677. The SMILES string of the molecule is O=C1CC(CN2CCC(Cc3cc(Cl)ccc3Cl)CC2)NC(=O)N1Cc1ccccc1. The van der Waals surface area contributed by atoms with Gasteiger partial charge in [-0.15, -0.1) is 0 Å². The Balaban J connectivity index is 1.25. The molecule has 0 saturated carbocycles. The second-order valence-corrected chi connectivity index (χ2v) is 9.34. The van der Waals surface area contributed by atoms with E-state index in [0.29, 0.717) is 25.4 Å². The number of piperidine rings is 1. The molecule has 0 aromatic heterocycles. The number of urea groups is 1. The number of benzene rings is 2. The highest BCUT2D eigenvalue weighted by Crippen LogP contribution is 2.28. The molecule has 31 heavy (non-hydrogen) atoms. The molecule has 2 fully saturated rings. The van der Waals surface area contributed by atoms with Crippen LogP contribution in [0, 0.1) is 5.92 Å². The van der Waals surface area contributed by atoms with Crippen LogP contribution in [0.4, 0.5) is 4.79 Å². The fraction of sp³-hybridized carbons (Fsp3) is 0.417. The van der Waals surface area contributed by atoms with Gasteiger partial charge in [-0.1, -0.05) is 53.5 Å². The molecule has 4 rings (SSSR count). The molecule has 1 atom stereocenters. The first kappa shape index (κ1) is 22.1. The minimum Gasteiger partial charge on any atom is -0.333 e. The van der Waals surface area contributed by atoms with Crippen LogP contribution in [0.15, 0.2) is 48.5 Å². The summed E-state index contributed by atoms with van der Waals surface area (Å²) in [7, 11) is 0. The van der Waals surface area contributed by atoms with E-state index in [9.17, 15) is 9.59 Å². The molecule has 2 aromatic carbocycles. The second-order valence-electron chi connectivity index (χ2n) is 8.50. The zero-order valence-electron chi connectivity index (χ0n) is 17.4. The highest BCUT2D eigenvalue weighted by atomic mass is 35.5. The molecule has 164 valence electrons. The average Bonchev–Trinajstić information content (AvgIpc) is 2.75. The lowest BCUT2D eigenvalue weighted by Crippen LogP contribution is -2.57. The number of halogens is 2. The van der Waals surface area contributed by atoms with Crippen molar-refractivity contribution in [2.24, 2.45) is 5.92 Å². The number of hydrogen-bond acceptors (Lipinski definition) is 3. The minimum atomic E-state index is -0.296. The topological polar surface area (TPSA) is 52.7 Å². The van der Waals surface area contributed by atoms with Gasteiger partial charge in [-0.25, -0.2) is 4.79 Å². The molecule has 3 amide bonds. The fourth-order valence-corrected chi connectivity index (χ4v) is 4.86. The van der Waals surface area contributed by atoms with Crippen LogP contribution < -0.4 is 5.32 Å². The number of likely N-dealkylation sites (tertiary alicyclic amines) is 1. The third-order valence-electron chi connectivity index (χ3n) is 6.18. The van der Waals surface area contributed by atoms with Gasteiger partial charge >= 0.3 is 6.03 Å². The summed E-state index contributed by atoms with van der Waals surface area (Å²) in [4.78, 5) is 28.8. The van der Waals surface area contributed by atoms with E-state index in [1.54, 1.807) is 0 Å². The molecule has 2 saturated heterocycles. The Morgan fingerprint density at radius 2 is 1.74 bits per heavy atom. The first-order valence-electron chi connectivity index (χ1n) is 10.8. The summed E-state index contributed by atoms with van der Waals surface area (Å²) >= 11 is 12.4. The summed E-state index contributed by atoms with van der Waals surface area (Å²) in [5, 5.41) is 4.51. The standard InChI is InChI=1S/C24H27Cl2N3O2/c25-20-6-7-22(26)19(13-20)12-17-8-10-28(11-9-17)16-21-14-23(30)29(24(31)27-21)15-18-4-2-1-3-5-18/h1-7,13,17,21H,8-12,14-16H2,(H,27,31). The normalized spacial score (nSPS) is 20.7. The number of imide groups is 1. The van der Waals surface area contributed by atoms with Gasteiger partial charge in [0.05, 0.1) is 12.6 Å². The maximum Gasteiger partial charge on any atom is 0.324 e. The van der Waals surface area contributed by atoms with E-state index in [4.69, 9.17) is 23.2 Å². The van der Waals surface area contributed by atoms with E-state index < -0.39 is 0 Å². The van der Waals surface area contributed by atoms with Crippen LogP contribution in [0.1, 0.15) is 30.4 Å². The zero-order valence-corrected chi connectivity index (χ0v) is 18.9. The number of hydrogen-bond donors (Lipinski definition) is 1. The number of carbonyl (C=O) groups excluding carboxylic acids is 2. The number of rotatable bonds is 6. The van der Waals surface area contributed by atoms with Crippen molar-refractivity contribution in [1.29, 1.82) is 0 Å². The molecule has 0 aliphatic carbocycles. The Bertz CT molecular complexity index is 912. The third-order valence-corrected chi connectivity index (χ3v) is 6.78. The number of carbonyl (C=O) groups is 2. The van der Waals surface area contributed by atoms with E-state index in [0.717, 1.165) is 53.5 Å². The van der Waals surface area contributed by atoms with Crippen molar-refractivity contribution in [3.05, 3.63) is 69.7 Å². The van der Waals surface area contributed by atoms with Gasteiger partial charge in [-0.3, -0.25) is 9.69 Å². The lowest BCUT2D eigenvalue weighted by atomic mass is 9.90. The molecular weight excluding hydrogens is 433 g/mol. The Morgan fingerprint density at radius 1 is 1.00 bits per heavy atom. The lowest BCUT2D eigenvalue weighted by molar-refractivity contribution is -0.130. The fourth-order valence-electron chi connectivity index (χ4n) is 4.47. The number of nitrogens with zero attached hydrogens (tertiary/aromatic N) is 2. The summed E-state index contributed by atoms with van der Waals surface area (Å²) in [6, 6.07) is 14.8. The molecule has 2 heterocycles. The predicted octanol–water partition coefficient (Wildman–Crippen LogP) is 4.76. The van der Waals surface area contributed by atoms with Crippen LogP contribution >= 0.6 is 23.2 Å². The maximum atomic E-state index is 12.6. The molecule has 2 aromatic rings. The highest BCUT2D eigenvalue weighted by molar-refractivity contribution is 6.33. The van der Waals surface area contributed by atoms with Crippen LogP contribution in [0.25, 0.3) is 0 Å². The molecule has 2 aliphatic rings. The monoisotopic (exact) mass is 459 g/mol. The highest BCUT2D eigenvalue weighted by Gasteiger charge is 2.33. The molecule has 1 N–H and O–H groups in total. The largest absolute Gasteiger partial charge is 0.333 e. The Kier molecular flexibility index (Phi) is 7.16. The Labute approximate surface area is 193 Å². The summed E-state index contributed by atoms with van der Waals surface area (Å²) in [5.41, 5.74) is 2.06. The van der Waals surface area contributed by atoms with Crippen molar-refractivity contribution in [2.45, 2.75) is 38.3 Å². The van der Waals surface area contributed by atoms with Gasteiger partial charge in [0.15, 0.2) is 0 Å². The summed E-state index contributed by atoms with van der Waals surface area (Å²) < 4.78 is 0. The average molecular weight is 460 g/mol. The molecular formula is C24H27Cl2N3O2. The minimum absolute atomic E-state index is 0.108. The molecule has 0 bridgehead atoms. The smallest absolute Gasteiger partial charge is 0.324 e. The van der Waals surface area contributed by atoms with Gasteiger partial charge in [0, 0.05) is 23.0 Å². The number of nitrogens with one attached hydrogen (secondary N) is 1. The third kappa shape index (κ3) is 5.79. The lowest BCUT2D eigenvalue weighted by Gasteiger charge is -2.37. The maximum absolute atomic E-state index is 12.6. The summed E-state index contributed by atoms with van der Waals surface area (Å²) in [5.74, 6) is 0.458. The van der Waals surface area contributed by atoms with Crippen molar-refractivity contribution >= 4 is 35.1 Å². The van der Waals surface area contributed by atoms with E-state index in [2.05, 4.69) is 10.2 Å². The molecule has 2 aliphatic heterocycles.